The summed E-state index contributed by atoms with van der Waals surface area (Å²) in [6, 6.07) is 15.3. The van der Waals surface area contributed by atoms with Gasteiger partial charge in [-0.2, -0.15) is 0 Å². The minimum absolute atomic E-state index is 0.494. The molecule has 3 heteroatoms. The zero-order valence-corrected chi connectivity index (χ0v) is 13.2. The Hall–Kier alpha value is -1.87. The Kier molecular flexibility index (Phi) is 5.76. The third-order valence-corrected chi connectivity index (χ3v) is 3.45. The van der Waals surface area contributed by atoms with E-state index in [-0.39, 0.29) is 0 Å². The first-order chi connectivity index (χ1) is 10.2. The lowest BCUT2D eigenvalue weighted by molar-refractivity contribution is 0.588. The van der Waals surface area contributed by atoms with Crippen LogP contribution in [0.1, 0.15) is 31.9 Å². The Balaban J connectivity index is 2.09. The number of pyridine rings is 1. The zero-order chi connectivity index (χ0) is 15.1. The fourth-order valence-electron chi connectivity index (χ4n) is 2.22. The van der Waals surface area contributed by atoms with E-state index in [2.05, 4.69) is 78.4 Å². The number of nitrogens with zero attached hydrogens (tertiary/aromatic N) is 2. The Labute approximate surface area is 128 Å². The summed E-state index contributed by atoms with van der Waals surface area (Å²) in [5.41, 5.74) is 2.59. The normalized spacial score (nSPS) is 10.9. The van der Waals surface area contributed by atoms with Gasteiger partial charge in [-0.3, -0.25) is 0 Å². The van der Waals surface area contributed by atoms with Crippen molar-refractivity contribution in [2.45, 2.75) is 39.9 Å². The van der Waals surface area contributed by atoms with Crippen molar-refractivity contribution in [3.63, 3.8) is 0 Å². The van der Waals surface area contributed by atoms with Crippen LogP contribution < -0.4 is 10.2 Å². The molecule has 0 aliphatic carbocycles. The molecule has 0 saturated heterocycles. The number of aromatic nitrogens is 1. The third-order valence-electron chi connectivity index (χ3n) is 3.45. The van der Waals surface area contributed by atoms with E-state index in [0.717, 1.165) is 25.5 Å². The van der Waals surface area contributed by atoms with Crippen LogP contribution in [0.25, 0.3) is 0 Å². The van der Waals surface area contributed by atoms with Crippen LogP contribution in [0, 0.1) is 0 Å². The Bertz CT molecular complexity index is 537. The molecule has 1 heterocycles. The molecule has 3 nitrogen and oxygen atoms in total. The molecule has 1 aromatic carbocycles. The zero-order valence-electron chi connectivity index (χ0n) is 13.2. The van der Waals surface area contributed by atoms with Gasteiger partial charge in [0.25, 0.3) is 0 Å². The van der Waals surface area contributed by atoms with E-state index >= 15 is 0 Å². The number of nitrogens with one attached hydrogen (secondary N) is 1. The van der Waals surface area contributed by atoms with Crippen molar-refractivity contribution < 1.29 is 0 Å². The average Bonchev–Trinajstić information content (AvgIpc) is 2.52. The largest absolute Gasteiger partial charge is 0.353 e. The summed E-state index contributed by atoms with van der Waals surface area (Å²) < 4.78 is 0. The Morgan fingerprint density at radius 2 is 1.86 bits per heavy atom. The van der Waals surface area contributed by atoms with Crippen molar-refractivity contribution >= 4 is 5.82 Å². The summed E-state index contributed by atoms with van der Waals surface area (Å²) in [7, 11) is 0. The number of hydrogen-bond donors (Lipinski definition) is 1. The van der Waals surface area contributed by atoms with Crippen molar-refractivity contribution in [3.05, 3.63) is 59.8 Å². The molecule has 0 amide bonds. The molecule has 112 valence electrons. The molecule has 0 atom stereocenters. The second-order valence-electron chi connectivity index (χ2n) is 5.56. The van der Waals surface area contributed by atoms with E-state index in [1.807, 2.05) is 6.20 Å². The molecule has 1 N–H and O–H groups in total. The molecule has 2 aromatic rings. The molecular formula is C18H25N3. The van der Waals surface area contributed by atoms with Crippen LogP contribution in [-0.4, -0.2) is 17.6 Å². The first-order valence-corrected chi connectivity index (χ1v) is 7.66. The maximum Gasteiger partial charge on any atom is 0.129 e. The van der Waals surface area contributed by atoms with Crippen molar-refractivity contribution in [1.29, 1.82) is 0 Å². The quantitative estimate of drug-likeness (QED) is 0.841. The van der Waals surface area contributed by atoms with E-state index < -0.39 is 0 Å². The minimum atomic E-state index is 0.494. The fraction of sp³-hybridized carbons (Fsp3) is 0.389. The summed E-state index contributed by atoms with van der Waals surface area (Å²) in [4.78, 5) is 6.83. The first kappa shape index (κ1) is 15.5. The van der Waals surface area contributed by atoms with Crippen molar-refractivity contribution in [2.75, 3.05) is 11.4 Å². The molecule has 0 aliphatic rings. The van der Waals surface area contributed by atoms with E-state index in [1.54, 1.807) is 0 Å². The second kappa shape index (κ2) is 7.79. The summed E-state index contributed by atoms with van der Waals surface area (Å²) in [6.07, 6.45) is 1.90. The van der Waals surface area contributed by atoms with Gasteiger partial charge in [0.15, 0.2) is 0 Å². The highest BCUT2D eigenvalue weighted by Gasteiger charge is 2.07. The molecule has 0 radical (unpaired) electrons. The van der Waals surface area contributed by atoms with Gasteiger partial charge in [0.2, 0.25) is 0 Å². The summed E-state index contributed by atoms with van der Waals surface area (Å²) >= 11 is 0. The number of rotatable bonds is 7. The summed E-state index contributed by atoms with van der Waals surface area (Å²) in [5.74, 6) is 1.05. The van der Waals surface area contributed by atoms with Crippen LogP contribution >= 0.6 is 0 Å². The highest BCUT2D eigenvalue weighted by Crippen LogP contribution is 2.16. The lowest BCUT2D eigenvalue weighted by Crippen LogP contribution is -2.24. The predicted molar refractivity (Wildman–Crippen MR) is 89.4 cm³/mol. The molecule has 2 rings (SSSR count). The summed E-state index contributed by atoms with van der Waals surface area (Å²) in [5, 5.41) is 3.45. The maximum absolute atomic E-state index is 4.53. The van der Waals surface area contributed by atoms with Crippen molar-refractivity contribution in [1.82, 2.24) is 10.3 Å². The molecule has 0 saturated carbocycles. The number of hydrogen-bond acceptors (Lipinski definition) is 3. The van der Waals surface area contributed by atoms with E-state index in [9.17, 15) is 0 Å². The molecule has 0 unspecified atom stereocenters. The van der Waals surface area contributed by atoms with Crippen LogP contribution in [0.2, 0.25) is 0 Å². The molecule has 0 spiro atoms. The maximum atomic E-state index is 4.53. The van der Waals surface area contributed by atoms with Gasteiger partial charge in [-0.05, 0) is 30.2 Å². The Morgan fingerprint density at radius 1 is 1.10 bits per heavy atom. The number of anilines is 1. The van der Waals surface area contributed by atoms with Crippen molar-refractivity contribution in [3.8, 4) is 0 Å². The SMILES string of the molecule is CCN(Cc1ccccc1)c1cc(CNC(C)C)ccn1. The van der Waals surface area contributed by atoms with Gasteiger partial charge in [0.05, 0.1) is 0 Å². The van der Waals surface area contributed by atoms with Crippen LogP contribution in [0.3, 0.4) is 0 Å². The molecule has 21 heavy (non-hydrogen) atoms. The molecule has 0 aliphatic heterocycles. The van der Waals surface area contributed by atoms with Gasteiger partial charge in [0.1, 0.15) is 5.82 Å². The van der Waals surface area contributed by atoms with Crippen LogP contribution in [0.4, 0.5) is 5.82 Å². The lowest BCUT2D eigenvalue weighted by Gasteiger charge is -2.22. The van der Waals surface area contributed by atoms with Crippen molar-refractivity contribution in [2.24, 2.45) is 0 Å². The summed E-state index contributed by atoms with van der Waals surface area (Å²) in [6.45, 7) is 9.22. The van der Waals surface area contributed by atoms with Crippen LogP contribution in [0.15, 0.2) is 48.7 Å². The smallest absolute Gasteiger partial charge is 0.129 e. The van der Waals surface area contributed by atoms with Crippen LogP contribution in [-0.2, 0) is 13.1 Å². The molecule has 0 fully saturated rings. The van der Waals surface area contributed by atoms with E-state index in [4.69, 9.17) is 0 Å². The van der Waals surface area contributed by atoms with E-state index in [0.29, 0.717) is 6.04 Å². The third kappa shape index (κ3) is 4.87. The second-order valence-corrected chi connectivity index (χ2v) is 5.56. The fourth-order valence-corrected chi connectivity index (χ4v) is 2.22. The topological polar surface area (TPSA) is 28.2 Å². The van der Waals surface area contributed by atoms with Gasteiger partial charge in [-0.25, -0.2) is 4.98 Å². The van der Waals surface area contributed by atoms with Gasteiger partial charge in [-0.15, -0.1) is 0 Å². The Morgan fingerprint density at radius 3 is 2.52 bits per heavy atom. The lowest BCUT2D eigenvalue weighted by atomic mass is 10.2. The number of benzene rings is 1. The standard InChI is InChI=1S/C18H25N3/c1-4-21(14-16-8-6-5-7-9-16)18-12-17(10-11-19-18)13-20-15(2)3/h5-12,15,20H,4,13-14H2,1-3H3. The van der Waals surface area contributed by atoms with E-state index in [1.165, 1.54) is 11.1 Å². The first-order valence-electron chi connectivity index (χ1n) is 7.66. The molecular weight excluding hydrogens is 258 g/mol. The molecule has 1 aromatic heterocycles. The molecule has 0 bridgehead atoms. The van der Waals surface area contributed by atoms with Gasteiger partial charge < -0.3 is 10.2 Å². The minimum Gasteiger partial charge on any atom is -0.353 e. The monoisotopic (exact) mass is 283 g/mol. The van der Waals surface area contributed by atoms with Gasteiger partial charge in [-0.1, -0.05) is 44.2 Å². The van der Waals surface area contributed by atoms with Gasteiger partial charge >= 0.3 is 0 Å². The average molecular weight is 283 g/mol. The highest BCUT2D eigenvalue weighted by atomic mass is 15.2. The van der Waals surface area contributed by atoms with Gasteiger partial charge in [0, 0.05) is 31.9 Å². The predicted octanol–water partition coefficient (Wildman–Crippen LogP) is 3.61. The highest BCUT2D eigenvalue weighted by molar-refractivity contribution is 5.41. The van der Waals surface area contributed by atoms with Crippen LogP contribution in [0.5, 0.6) is 0 Å².